The number of aromatic nitrogens is 3. The summed E-state index contributed by atoms with van der Waals surface area (Å²) in [5, 5.41) is 7.96. The first-order valence-electron chi connectivity index (χ1n) is 13.0. The lowest BCUT2D eigenvalue weighted by molar-refractivity contribution is -0.123. The summed E-state index contributed by atoms with van der Waals surface area (Å²) in [7, 11) is 0. The van der Waals surface area contributed by atoms with Crippen molar-refractivity contribution in [1.82, 2.24) is 20.3 Å². The minimum atomic E-state index is -0.628. The van der Waals surface area contributed by atoms with Crippen molar-refractivity contribution in [3.8, 4) is 22.8 Å². The molecule has 0 bridgehead atoms. The third kappa shape index (κ3) is 5.91. The quantitative estimate of drug-likeness (QED) is 0.220. The van der Waals surface area contributed by atoms with Crippen LogP contribution in [0.4, 0.5) is 10.1 Å². The second-order valence-corrected chi connectivity index (χ2v) is 10.8. The Hall–Kier alpha value is -4.85. The summed E-state index contributed by atoms with van der Waals surface area (Å²) >= 11 is 0. The first-order chi connectivity index (χ1) is 19.1. The fourth-order valence-electron chi connectivity index (χ4n) is 4.23. The second-order valence-electron chi connectivity index (χ2n) is 10.8. The van der Waals surface area contributed by atoms with E-state index >= 15 is 0 Å². The number of halogens is 1. The summed E-state index contributed by atoms with van der Waals surface area (Å²) in [6.45, 7) is 7.29. The lowest BCUT2D eigenvalue weighted by Gasteiger charge is -2.19. The van der Waals surface area contributed by atoms with Gasteiger partial charge in [-0.1, -0.05) is 57.2 Å². The Labute approximate surface area is 231 Å². The summed E-state index contributed by atoms with van der Waals surface area (Å²) in [5.74, 6) is -0.275. The van der Waals surface area contributed by atoms with Crippen molar-refractivity contribution in [2.24, 2.45) is 5.41 Å². The summed E-state index contributed by atoms with van der Waals surface area (Å²) in [4.78, 5) is 38.6. The zero-order chi connectivity index (χ0) is 28.4. The van der Waals surface area contributed by atoms with Crippen LogP contribution < -0.4 is 10.6 Å². The van der Waals surface area contributed by atoms with Gasteiger partial charge in [-0.25, -0.2) is 9.37 Å². The van der Waals surface area contributed by atoms with E-state index in [9.17, 15) is 14.0 Å². The summed E-state index contributed by atoms with van der Waals surface area (Å²) in [6, 6.07) is 20.7. The number of imidazole rings is 1. The molecule has 0 aliphatic heterocycles. The number of amides is 2. The predicted molar refractivity (Wildman–Crippen MR) is 155 cm³/mol. The Balaban J connectivity index is 1.48. The summed E-state index contributed by atoms with van der Waals surface area (Å²) < 4.78 is 13.4. The van der Waals surface area contributed by atoms with Gasteiger partial charge in [0.2, 0.25) is 5.91 Å². The molecule has 2 aromatic heterocycles. The van der Waals surface area contributed by atoms with E-state index in [0.29, 0.717) is 34.0 Å². The standard InChI is InChI=1S/C32H30FN5O2/c1-19(20-9-11-25(33)12-10-20)36-30(39)24-13-23(14-26(15-24)37-31(40)32(2,3)4)28-18-35-29(38-28)27-16-21-7-5-6-8-22(21)17-34-27/h5-19H,1-4H3,(H,35,38)(H,36,39)(H,37,40)/t19-/m1/s1. The maximum absolute atomic E-state index is 13.4. The van der Waals surface area contributed by atoms with Crippen LogP contribution in [0.5, 0.6) is 0 Å². The Morgan fingerprint density at radius 1 is 0.925 bits per heavy atom. The first kappa shape index (κ1) is 26.7. The average Bonchev–Trinajstić information content (AvgIpc) is 3.43. The summed E-state index contributed by atoms with van der Waals surface area (Å²) in [6.07, 6.45) is 3.56. The maximum atomic E-state index is 13.4. The molecule has 40 heavy (non-hydrogen) atoms. The third-order valence-electron chi connectivity index (χ3n) is 6.60. The molecule has 3 N–H and O–H groups in total. The van der Waals surface area contributed by atoms with Gasteiger partial charge in [-0.05, 0) is 54.3 Å². The van der Waals surface area contributed by atoms with Gasteiger partial charge in [0, 0.05) is 40.0 Å². The lowest BCUT2D eigenvalue weighted by atomic mass is 9.95. The highest BCUT2D eigenvalue weighted by atomic mass is 19.1. The molecule has 0 radical (unpaired) electrons. The van der Waals surface area contributed by atoms with Crippen LogP contribution in [-0.4, -0.2) is 26.8 Å². The monoisotopic (exact) mass is 535 g/mol. The molecule has 202 valence electrons. The van der Waals surface area contributed by atoms with Crippen molar-refractivity contribution >= 4 is 28.3 Å². The van der Waals surface area contributed by atoms with Crippen LogP contribution in [0.25, 0.3) is 33.5 Å². The highest BCUT2D eigenvalue weighted by Crippen LogP contribution is 2.28. The molecule has 0 saturated carbocycles. The van der Waals surface area contributed by atoms with Crippen LogP contribution in [0.1, 0.15) is 49.7 Å². The molecule has 0 aliphatic rings. The van der Waals surface area contributed by atoms with Crippen molar-refractivity contribution < 1.29 is 14.0 Å². The number of hydrogen-bond donors (Lipinski definition) is 3. The molecule has 0 unspecified atom stereocenters. The number of anilines is 1. The SMILES string of the molecule is C[C@@H](NC(=O)c1cc(NC(=O)C(C)(C)C)cc(-c2c[nH]c(-c3cc4ccccc4cn3)n2)c1)c1ccc(F)cc1. The van der Waals surface area contributed by atoms with Gasteiger partial charge in [0.25, 0.3) is 5.91 Å². The number of fused-ring (bicyclic) bond motifs is 1. The van der Waals surface area contributed by atoms with E-state index in [2.05, 4.69) is 20.6 Å². The van der Waals surface area contributed by atoms with Gasteiger partial charge >= 0.3 is 0 Å². The number of nitrogens with one attached hydrogen (secondary N) is 3. The van der Waals surface area contributed by atoms with Crippen molar-refractivity contribution in [1.29, 1.82) is 0 Å². The van der Waals surface area contributed by atoms with Gasteiger partial charge in [0.15, 0.2) is 5.82 Å². The molecule has 0 aliphatic carbocycles. The number of aromatic amines is 1. The molecule has 3 aromatic carbocycles. The molecular weight excluding hydrogens is 505 g/mol. The molecule has 0 fully saturated rings. The molecule has 5 aromatic rings. The largest absolute Gasteiger partial charge is 0.346 e. The maximum Gasteiger partial charge on any atom is 0.251 e. The van der Waals surface area contributed by atoms with Crippen molar-refractivity contribution in [2.75, 3.05) is 5.32 Å². The highest BCUT2D eigenvalue weighted by Gasteiger charge is 2.22. The topological polar surface area (TPSA) is 99.8 Å². The van der Waals surface area contributed by atoms with Crippen molar-refractivity contribution in [3.63, 3.8) is 0 Å². The predicted octanol–water partition coefficient (Wildman–Crippen LogP) is 6.91. The molecule has 0 saturated heterocycles. The van der Waals surface area contributed by atoms with Crippen LogP contribution >= 0.6 is 0 Å². The molecule has 2 amide bonds. The van der Waals surface area contributed by atoms with E-state index in [1.165, 1.54) is 12.1 Å². The number of H-pyrrole nitrogens is 1. The Bertz CT molecular complexity index is 1700. The number of benzene rings is 3. The number of hydrogen-bond acceptors (Lipinski definition) is 4. The van der Waals surface area contributed by atoms with Crippen LogP contribution in [0.15, 0.2) is 85.2 Å². The van der Waals surface area contributed by atoms with E-state index in [-0.39, 0.29) is 23.7 Å². The van der Waals surface area contributed by atoms with Gasteiger partial charge in [-0.2, -0.15) is 0 Å². The molecule has 5 rings (SSSR count). The van der Waals surface area contributed by atoms with Gasteiger partial charge in [0.05, 0.1) is 11.7 Å². The third-order valence-corrected chi connectivity index (χ3v) is 6.60. The molecule has 2 heterocycles. The molecule has 0 spiro atoms. The van der Waals surface area contributed by atoms with E-state index in [1.807, 2.05) is 58.0 Å². The molecule has 1 atom stereocenters. The smallest absolute Gasteiger partial charge is 0.251 e. The van der Waals surface area contributed by atoms with Crippen LogP contribution in [0.3, 0.4) is 0 Å². The molecule has 7 nitrogen and oxygen atoms in total. The molecular formula is C32H30FN5O2. The minimum absolute atomic E-state index is 0.182. The highest BCUT2D eigenvalue weighted by molar-refractivity contribution is 6.00. The fraction of sp³-hybridized carbons (Fsp3) is 0.188. The van der Waals surface area contributed by atoms with E-state index in [4.69, 9.17) is 4.98 Å². The zero-order valence-corrected chi connectivity index (χ0v) is 22.7. The Morgan fingerprint density at radius 3 is 2.38 bits per heavy atom. The lowest BCUT2D eigenvalue weighted by Crippen LogP contribution is -2.28. The van der Waals surface area contributed by atoms with Crippen LogP contribution in [-0.2, 0) is 4.79 Å². The molecule has 8 heteroatoms. The number of nitrogens with zero attached hydrogens (tertiary/aromatic N) is 2. The van der Waals surface area contributed by atoms with Gasteiger partial charge in [-0.15, -0.1) is 0 Å². The van der Waals surface area contributed by atoms with Crippen molar-refractivity contribution in [3.05, 3.63) is 102 Å². The second kappa shape index (κ2) is 10.7. The Kier molecular flexibility index (Phi) is 7.17. The van der Waals surface area contributed by atoms with E-state index < -0.39 is 5.41 Å². The number of carbonyl (C=O) groups is 2. The minimum Gasteiger partial charge on any atom is -0.346 e. The number of carbonyl (C=O) groups excluding carboxylic acids is 2. The van der Waals surface area contributed by atoms with E-state index in [1.54, 1.807) is 42.7 Å². The van der Waals surface area contributed by atoms with E-state index in [0.717, 1.165) is 16.3 Å². The van der Waals surface area contributed by atoms with Gasteiger partial charge in [-0.3, -0.25) is 14.6 Å². The summed E-state index contributed by atoms with van der Waals surface area (Å²) in [5.41, 5.74) is 2.90. The van der Waals surface area contributed by atoms with Gasteiger partial charge in [0.1, 0.15) is 11.5 Å². The normalized spacial score (nSPS) is 12.2. The average molecular weight is 536 g/mol. The fourth-order valence-corrected chi connectivity index (χ4v) is 4.23. The Morgan fingerprint density at radius 2 is 1.65 bits per heavy atom. The number of rotatable bonds is 6. The van der Waals surface area contributed by atoms with Crippen LogP contribution in [0, 0.1) is 11.2 Å². The van der Waals surface area contributed by atoms with Crippen molar-refractivity contribution in [2.45, 2.75) is 33.7 Å². The first-order valence-corrected chi connectivity index (χ1v) is 13.0. The number of pyridine rings is 1. The zero-order valence-electron chi connectivity index (χ0n) is 22.7. The van der Waals surface area contributed by atoms with Crippen LogP contribution in [0.2, 0.25) is 0 Å². The van der Waals surface area contributed by atoms with Gasteiger partial charge < -0.3 is 15.6 Å².